The fourth-order valence-electron chi connectivity index (χ4n) is 2.26. The van der Waals surface area contributed by atoms with Crippen LogP contribution in [0.25, 0.3) is 22.6 Å². The van der Waals surface area contributed by atoms with E-state index in [1.165, 1.54) is 12.3 Å². The van der Waals surface area contributed by atoms with Gasteiger partial charge in [0.1, 0.15) is 11.5 Å². The van der Waals surface area contributed by atoms with E-state index in [2.05, 4.69) is 10.2 Å². The first-order valence-corrected chi connectivity index (χ1v) is 6.50. The summed E-state index contributed by atoms with van der Waals surface area (Å²) in [6.07, 6.45) is -3.38. The van der Waals surface area contributed by atoms with Crippen molar-refractivity contribution in [2.45, 2.75) is 12.7 Å². The summed E-state index contributed by atoms with van der Waals surface area (Å²) in [7, 11) is 0. The number of nitrogens with two attached hydrogens (primary N) is 1. The van der Waals surface area contributed by atoms with E-state index in [4.69, 9.17) is 10.2 Å². The number of hydrogen-bond acceptors (Lipinski definition) is 3. The van der Waals surface area contributed by atoms with Crippen molar-refractivity contribution >= 4 is 0 Å². The van der Waals surface area contributed by atoms with E-state index in [0.717, 1.165) is 11.1 Å². The summed E-state index contributed by atoms with van der Waals surface area (Å²) in [5, 5.41) is 5.47. The molecule has 0 bridgehead atoms. The van der Waals surface area contributed by atoms with Gasteiger partial charge in [0.15, 0.2) is 5.69 Å². The van der Waals surface area contributed by atoms with E-state index in [9.17, 15) is 13.2 Å². The molecule has 0 spiro atoms. The molecule has 0 atom stereocenters. The Labute approximate surface area is 123 Å². The number of hydrogen-bond donors (Lipinski definition) is 2. The molecule has 0 aliphatic heterocycles. The van der Waals surface area contributed by atoms with Crippen molar-refractivity contribution in [1.82, 2.24) is 10.2 Å². The van der Waals surface area contributed by atoms with Gasteiger partial charge in [-0.1, -0.05) is 24.3 Å². The fraction of sp³-hybridized carbons (Fsp3) is 0.133. The Morgan fingerprint density at radius 2 is 1.73 bits per heavy atom. The quantitative estimate of drug-likeness (QED) is 0.773. The first-order chi connectivity index (χ1) is 10.5. The molecule has 2 aromatic heterocycles. The maximum atomic E-state index is 12.9. The molecule has 3 rings (SSSR count). The molecule has 0 saturated carbocycles. The highest BCUT2D eigenvalue weighted by molar-refractivity contribution is 5.68. The lowest BCUT2D eigenvalue weighted by atomic mass is 10.1. The second-order valence-electron chi connectivity index (χ2n) is 4.67. The van der Waals surface area contributed by atoms with Crippen molar-refractivity contribution in [1.29, 1.82) is 0 Å². The minimum atomic E-state index is -4.54. The SMILES string of the molecule is NCc1ccccc1-c1ccc(-c2c[nH]nc2C(F)(F)F)o1. The Balaban J connectivity index is 2.04. The highest BCUT2D eigenvalue weighted by Crippen LogP contribution is 2.37. The Hall–Kier alpha value is -2.54. The van der Waals surface area contributed by atoms with Gasteiger partial charge in [0.2, 0.25) is 0 Å². The first kappa shape index (κ1) is 14.4. The standard InChI is InChI=1S/C15H12F3N3O/c16-15(17,18)14-11(8-20-21-14)13-6-5-12(22-13)10-4-2-1-3-9(10)7-19/h1-6,8H,7,19H2,(H,20,21). The zero-order valence-corrected chi connectivity index (χ0v) is 11.3. The average molecular weight is 307 g/mol. The summed E-state index contributed by atoms with van der Waals surface area (Å²) in [4.78, 5) is 0. The van der Waals surface area contributed by atoms with E-state index in [-0.39, 0.29) is 11.3 Å². The van der Waals surface area contributed by atoms with Crippen LogP contribution in [0.3, 0.4) is 0 Å². The summed E-state index contributed by atoms with van der Waals surface area (Å²) in [5.41, 5.74) is 6.16. The molecule has 3 N–H and O–H groups in total. The third-order valence-electron chi connectivity index (χ3n) is 3.28. The van der Waals surface area contributed by atoms with Crippen LogP contribution >= 0.6 is 0 Å². The van der Waals surface area contributed by atoms with Gasteiger partial charge in [0.05, 0.1) is 5.56 Å². The van der Waals surface area contributed by atoms with Crippen LogP contribution in [0.15, 0.2) is 47.0 Å². The fourth-order valence-corrected chi connectivity index (χ4v) is 2.26. The molecule has 0 fully saturated rings. The number of rotatable bonds is 3. The third-order valence-corrected chi connectivity index (χ3v) is 3.28. The lowest BCUT2D eigenvalue weighted by molar-refractivity contribution is -0.140. The summed E-state index contributed by atoms with van der Waals surface area (Å²) < 4.78 is 44.2. The minimum Gasteiger partial charge on any atom is -0.456 e. The zero-order chi connectivity index (χ0) is 15.7. The minimum absolute atomic E-state index is 0.0999. The summed E-state index contributed by atoms with van der Waals surface area (Å²) >= 11 is 0. The van der Waals surface area contributed by atoms with E-state index >= 15 is 0 Å². The second-order valence-corrected chi connectivity index (χ2v) is 4.67. The van der Waals surface area contributed by atoms with Crippen LogP contribution in [-0.2, 0) is 12.7 Å². The molecule has 22 heavy (non-hydrogen) atoms. The number of benzene rings is 1. The van der Waals surface area contributed by atoms with E-state index in [1.54, 1.807) is 6.07 Å². The van der Waals surface area contributed by atoms with E-state index in [0.29, 0.717) is 12.3 Å². The summed E-state index contributed by atoms with van der Waals surface area (Å²) in [5.74, 6) is 0.563. The first-order valence-electron chi connectivity index (χ1n) is 6.50. The largest absolute Gasteiger partial charge is 0.456 e. The highest BCUT2D eigenvalue weighted by Gasteiger charge is 2.37. The van der Waals surface area contributed by atoms with Crippen LogP contribution < -0.4 is 5.73 Å². The molecule has 7 heteroatoms. The van der Waals surface area contributed by atoms with Crippen molar-refractivity contribution in [3.8, 4) is 22.6 Å². The predicted octanol–water partition coefficient (Wildman–Crippen LogP) is 3.81. The van der Waals surface area contributed by atoms with Gasteiger partial charge in [-0.3, -0.25) is 5.10 Å². The lowest BCUT2D eigenvalue weighted by Gasteiger charge is -2.05. The highest BCUT2D eigenvalue weighted by atomic mass is 19.4. The van der Waals surface area contributed by atoms with Gasteiger partial charge in [-0.15, -0.1) is 0 Å². The predicted molar refractivity (Wildman–Crippen MR) is 74.6 cm³/mol. The number of aromatic amines is 1. The Kier molecular flexibility index (Phi) is 3.50. The van der Waals surface area contributed by atoms with Crippen molar-refractivity contribution < 1.29 is 17.6 Å². The summed E-state index contributed by atoms with van der Waals surface area (Å²) in [6.45, 7) is 0.311. The van der Waals surface area contributed by atoms with E-state index < -0.39 is 11.9 Å². The van der Waals surface area contributed by atoms with Crippen LogP contribution in [0.1, 0.15) is 11.3 Å². The van der Waals surface area contributed by atoms with E-state index in [1.807, 2.05) is 24.3 Å². The molecule has 0 amide bonds. The molecule has 1 aromatic carbocycles. The number of aromatic nitrogens is 2. The van der Waals surface area contributed by atoms with Gasteiger partial charge in [0.25, 0.3) is 0 Å². The molecule has 0 aliphatic rings. The van der Waals surface area contributed by atoms with Crippen LogP contribution in [-0.4, -0.2) is 10.2 Å². The van der Waals surface area contributed by atoms with Crippen LogP contribution in [0.4, 0.5) is 13.2 Å². The smallest absolute Gasteiger partial charge is 0.435 e. The molecule has 3 aromatic rings. The zero-order valence-electron chi connectivity index (χ0n) is 11.3. The number of nitrogens with one attached hydrogen (secondary N) is 1. The van der Waals surface area contributed by atoms with Gasteiger partial charge < -0.3 is 10.2 Å². The van der Waals surface area contributed by atoms with Crippen molar-refractivity contribution in [2.75, 3.05) is 0 Å². The second kappa shape index (κ2) is 5.34. The maximum Gasteiger partial charge on any atom is 0.435 e. The van der Waals surface area contributed by atoms with Crippen molar-refractivity contribution in [3.05, 3.63) is 53.9 Å². The molecule has 0 aliphatic carbocycles. The molecule has 0 saturated heterocycles. The Bertz CT molecular complexity index is 789. The monoisotopic (exact) mass is 307 g/mol. The van der Waals surface area contributed by atoms with Gasteiger partial charge in [-0.2, -0.15) is 18.3 Å². The molecule has 114 valence electrons. The van der Waals surface area contributed by atoms with Crippen LogP contribution in [0.5, 0.6) is 0 Å². The number of H-pyrrole nitrogens is 1. The molecule has 4 nitrogen and oxygen atoms in total. The van der Waals surface area contributed by atoms with Crippen LogP contribution in [0.2, 0.25) is 0 Å². The molecule has 0 unspecified atom stereocenters. The van der Waals surface area contributed by atoms with Gasteiger partial charge in [0, 0.05) is 18.3 Å². The number of nitrogens with zero attached hydrogens (tertiary/aromatic N) is 1. The van der Waals surface area contributed by atoms with Gasteiger partial charge in [-0.25, -0.2) is 0 Å². The average Bonchev–Trinajstić information content (AvgIpc) is 3.15. The molecule has 2 heterocycles. The van der Waals surface area contributed by atoms with Crippen LogP contribution in [0, 0.1) is 0 Å². The molecule has 0 radical (unpaired) electrons. The molecular weight excluding hydrogens is 295 g/mol. The normalized spacial score (nSPS) is 11.8. The van der Waals surface area contributed by atoms with Crippen molar-refractivity contribution in [2.24, 2.45) is 5.73 Å². The number of alkyl halides is 3. The number of furan rings is 1. The summed E-state index contributed by atoms with van der Waals surface area (Å²) in [6, 6.07) is 10.4. The third kappa shape index (κ3) is 2.50. The number of halogens is 3. The van der Waals surface area contributed by atoms with Gasteiger partial charge in [-0.05, 0) is 17.7 Å². The topological polar surface area (TPSA) is 67.8 Å². The van der Waals surface area contributed by atoms with Crippen molar-refractivity contribution in [3.63, 3.8) is 0 Å². The maximum absolute atomic E-state index is 12.9. The lowest BCUT2D eigenvalue weighted by Crippen LogP contribution is -2.07. The Morgan fingerprint density at radius 3 is 2.41 bits per heavy atom. The Morgan fingerprint density at radius 1 is 1.05 bits per heavy atom. The molecular formula is C15H12F3N3O. The van der Waals surface area contributed by atoms with Gasteiger partial charge >= 0.3 is 6.18 Å².